The number of nitrogens with one attached hydrogen (secondary N) is 2. The van der Waals surface area contributed by atoms with Crippen LogP contribution in [0.15, 0.2) is 65.3 Å². The molecule has 2 N–H and O–H groups in total. The minimum absolute atomic E-state index is 0.152. The smallest absolute Gasteiger partial charge is 0.255 e. The minimum Gasteiger partial charge on any atom is -0.467 e. The lowest BCUT2D eigenvalue weighted by Gasteiger charge is -2.24. The van der Waals surface area contributed by atoms with Crippen molar-refractivity contribution in [1.29, 1.82) is 0 Å². The Labute approximate surface area is 175 Å². The Hall–Kier alpha value is -3.54. The zero-order chi connectivity index (χ0) is 21.1. The number of furan rings is 1. The first-order chi connectivity index (χ1) is 14.6. The van der Waals surface area contributed by atoms with E-state index in [2.05, 4.69) is 40.7 Å². The Kier molecular flexibility index (Phi) is 5.57. The lowest BCUT2D eigenvalue weighted by molar-refractivity contribution is 0.0946. The van der Waals surface area contributed by atoms with E-state index < -0.39 is 0 Å². The molecule has 2 aromatic carbocycles. The first kappa shape index (κ1) is 19.8. The molecule has 0 saturated carbocycles. The number of para-hydroxylation sites is 1. The van der Waals surface area contributed by atoms with Gasteiger partial charge in [0.05, 0.1) is 18.4 Å². The maximum Gasteiger partial charge on any atom is 0.255 e. The summed E-state index contributed by atoms with van der Waals surface area (Å²) in [5, 5.41) is 5.54. The van der Waals surface area contributed by atoms with Gasteiger partial charge in [-0.1, -0.05) is 30.3 Å². The molecule has 4 rings (SSSR count). The molecule has 1 aliphatic rings. The van der Waals surface area contributed by atoms with Crippen LogP contribution in [0.4, 0.5) is 5.69 Å². The molecular weight excluding hydrogens is 378 g/mol. The highest BCUT2D eigenvalue weighted by atomic mass is 16.3. The molecule has 0 spiro atoms. The fourth-order valence-corrected chi connectivity index (χ4v) is 3.94. The van der Waals surface area contributed by atoms with Gasteiger partial charge >= 0.3 is 0 Å². The van der Waals surface area contributed by atoms with Gasteiger partial charge in [-0.3, -0.25) is 9.59 Å². The van der Waals surface area contributed by atoms with Crippen LogP contribution in [-0.2, 0) is 19.5 Å². The van der Waals surface area contributed by atoms with Crippen molar-refractivity contribution in [3.63, 3.8) is 0 Å². The number of carbonyl (C=O) groups excluding carboxylic acids is 2. The number of benzene rings is 2. The molecule has 6 nitrogen and oxygen atoms in total. The number of anilines is 1. The van der Waals surface area contributed by atoms with E-state index in [0.29, 0.717) is 36.0 Å². The van der Waals surface area contributed by atoms with Gasteiger partial charge in [0.2, 0.25) is 0 Å². The first-order valence-corrected chi connectivity index (χ1v) is 10.1. The molecule has 0 radical (unpaired) electrons. The number of fused-ring (bicyclic) bond motifs is 1. The molecule has 0 bridgehead atoms. The lowest BCUT2D eigenvalue weighted by Crippen LogP contribution is -2.30. The second-order valence-electron chi connectivity index (χ2n) is 7.53. The van der Waals surface area contributed by atoms with E-state index in [1.807, 2.05) is 18.2 Å². The highest BCUT2D eigenvalue weighted by Gasteiger charge is 2.27. The van der Waals surface area contributed by atoms with Crippen LogP contribution in [0, 0.1) is 0 Å². The summed E-state index contributed by atoms with van der Waals surface area (Å²) in [6.45, 7) is 3.06. The van der Waals surface area contributed by atoms with Gasteiger partial charge in [-0.15, -0.1) is 0 Å². The Balaban J connectivity index is 1.45. The predicted molar refractivity (Wildman–Crippen MR) is 116 cm³/mol. The van der Waals surface area contributed by atoms with E-state index in [4.69, 9.17) is 4.42 Å². The topological polar surface area (TPSA) is 74.6 Å². The Morgan fingerprint density at radius 2 is 1.93 bits per heavy atom. The summed E-state index contributed by atoms with van der Waals surface area (Å²) >= 11 is 0. The molecular formula is C24H25N3O3. The van der Waals surface area contributed by atoms with Crippen molar-refractivity contribution in [3.05, 3.63) is 88.9 Å². The Morgan fingerprint density at radius 3 is 2.77 bits per heavy atom. The molecule has 6 heteroatoms. The zero-order valence-corrected chi connectivity index (χ0v) is 17.1. The monoisotopic (exact) mass is 403 g/mol. The van der Waals surface area contributed by atoms with Crippen molar-refractivity contribution in [2.24, 2.45) is 0 Å². The van der Waals surface area contributed by atoms with Crippen molar-refractivity contribution >= 4 is 17.5 Å². The summed E-state index contributed by atoms with van der Waals surface area (Å²) in [6.07, 6.45) is 2.54. The fourth-order valence-electron chi connectivity index (χ4n) is 3.94. The molecule has 1 aromatic heterocycles. The number of hydrogen-bond donors (Lipinski definition) is 2. The second-order valence-corrected chi connectivity index (χ2v) is 7.53. The van der Waals surface area contributed by atoms with Crippen molar-refractivity contribution in [1.82, 2.24) is 10.6 Å². The molecule has 1 unspecified atom stereocenters. The normalized spacial score (nSPS) is 15.0. The van der Waals surface area contributed by atoms with Gasteiger partial charge in [-0.05, 0) is 48.7 Å². The van der Waals surface area contributed by atoms with Crippen LogP contribution < -0.4 is 15.5 Å². The minimum atomic E-state index is -0.191. The van der Waals surface area contributed by atoms with E-state index in [9.17, 15) is 9.59 Å². The molecule has 2 amide bonds. The van der Waals surface area contributed by atoms with E-state index in [1.165, 1.54) is 11.3 Å². The maximum atomic E-state index is 12.8. The highest BCUT2D eigenvalue weighted by Crippen LogP contribution is 2.33. The van der Waals surface area contributed by atoms with Crippen LogP contribution in [-0.4, -0.2) is 24.9 Å². The van der Waals surface area contributed by atoms with Gasteiger partial charge < -0.3 is 20.0 Å². The average molecular weight is 403 g/mol. The third-order valence-corrected chi connectivity index (χ3v) is 5.52. The van der Waals surface area contributed by atoms with Gasteiger partial charge in [-0.2, -0.15) is 0 Å². The second kappa shape index (κ2) is 8.45. The van der Waals surface area contributed by atoms with Crippen molar-refractivity contribution in [3.8, 4) is 0 Å². The maximum absolute atomic E-state index is 12.8. The molecule has 154 valence electrons. The molecule has 2 heterocycles. The zero-order valence-electron chi connectivity index (χ0n) is 17.1. The summed E-state index contributed by atoms with van der Waals surface area (Å²) in [4.78, 5) is 26.9. The third kappa shape index (κ3) is 3.94. The predicted octanol–water partition coefficient (Wildman–Crippen LogP) is 3.52. The van der Waals surface area contributed by atoms with Crippen LogP contribution in [0.25, 0.3) is 0 Å². The van der Waals surface area contributed by atoms with Crippen molar-refractivity contribution < 1.29 is 14.0 Å². The fraction of sp³-hybridized carbons (Fsp3) is 0.250. The average Bonchev–Trinajstić information content (AvgIpc) is 3.36. The standard InChI is InChI=1S/C24H25N3O3/c1-16-12-18-7-3-4-9-21(18)27(16)15-22-20(10-11-30-22)24(29)26-14-17-6-5-8-19(13-17)23(28)25-2/h3-11,13,16H,12,14-15H2,1-2H3,(H,25,28)(H,26,29). The van der Waals surface area contributed by atoms with E-state index in [-0.39, 0.29) is 11.8 Å². The molecule has 3 aromatic rings. The SMILES string of the molecule is CNC(=O)c1cccc(CNC(=O)c2ccoc2CN2c3ccccc3CC2C)c1. The number of amides is 2. The largest absolute Gasteiger partial charge is 0.467 e. The number of nitrogens with zero attached hydrogens (tertiary/aromatic N) is 1. The van der Waals surface area contributed by atoms with Crippen LogP contribution in [0.2, 0.25) is 0 Å². The van der Waals surface area contributed by atoms with Gasteiger partial charge in [0, 0.05) is 30.9 Å². The highest BCUT2D eigenvalue weighted by molar-refractivity contribution is 5.95. The van der Waals surface area contributed by atoms with Gasteiger partial charge in [0.25, 0.3) is 11.8 Å². The first-order valence-electron chi connectivity index (χ1n) is 10.1. The molecule has 30 heavy (non-hydrogen) atoms. The Morgan fingerprint density at radius 1 is 1.10 bits per heavy atom. The molecule has 0 saturated heterocycles. The van der Waals surface area contributed by atoms with Crippen LogP contribution in [0.5, 0.6) is 0 Å². The number of hydrogen-bond acceptors (Lipinski definition) is 4. The molecule has 1 aliphatic heterocycles. The summed E-state index contributed by atoms with van der Waals surface area (Å²) in [5.41, 5.74) is 4.47. The quantitative estimate of drug-likeness (QED) is 0.660. The van der Waals surface area contributed by atoms with Gasteiger partial charge in [0.15, 0.2) is 0 Å². The number of carbonyl (C=O) groups is 2. The molecule has 1 atom stereocenters. The molecule has 0 aliphatic carbocycles. The van der Waals surface area contributed by atoms with Crippen molar-refractivity contribution in [2.75, 3.05) is 11.9 Å². The third-order valence-electron chi connectivity index (χ3n) is 5.52. The van der Waals surface area contributed by atoms with Gasteiger partial charge in [0.1, 0.15) is 5.76 Å². The Bertz CT molecular complexity index is 1070. The van der Waals surface area contributed by atoms with Crippen molar-refractivity contribution in [2.45, 2.75) is 32.5 Å². The summed E-state index contributed by atoms with van der Waals surface area (Å²) < 4.78 is 5.67. The van der Waals surface area contributed by atoms with E-state index in [1.54, 1.807) is 31.5 Å². The van der Waals surface area contributed by atoms with Crippen LogP contribution in [0.1, 0.15) is 44.5 Å². The molecule has 0 fully saturated rings. The van der Waals surface area contributed by atoms with Crippen LogP contribution >= 0.6 is 0 Å². The van der Waals surface area contributed by atoms with Crippen LogP contribution in [0.3, 0.4) is 0 Å². The summed E-state index contributed by atoms with van der Waals surface area (Å²) in [7, 11) is 1.59. The number of rotatable bonds is 6. The summed E-state index contributed by atoms with van der Waals surface area (Å²) in [5.74, 6) is 0.305. The lowest BCUT2D eigenvalue weighted by atomic mass is 10.1. The summed E-state index contributed by atoms with van der Waals surface area (Å²) in [6, 6.07) is 17.6. The van der Waals surface area contributed by atoms with Gasteiger partial charge in [-0.25, -0.2) is 0 Å². The van der Waals surface area contributed by atoms with E-state index in [0.717, 1.165) is 12.0 Å². The van der Waals surface area contributed by atoms with E-state index >= 15 is 0 Å².